The predicted molar refractivity (Wildman–Crippen MR) is 128 cm³/mol. The summed E-state index contributed by atoms with van der Waals surface area (Å²) >= 11 is 1.56. The van der Waals surface area contributed by atoms with E-state index in [4.69, 9.17) is 19.3 Å². The van der Waals surface area contributed by atoms with Gasteiger partial charge in [0.1, 0.15) is 5.75 Å². The number of anilines is 2. The third-order valence-electron chi connectivity index (χ3n) is 4.88. The van der Waals surface area contributed by atoms with Crippen molar-refractivity contribution in [3.63, 3.8) is 0 Å². The molecule has 8 heteroatoms. The van der Waals surface area contributed by atoms with E-state index in [1.54, 1.807) is 25.6 Å². The molecule has 0 radical (unpaired) electrons. The summed E-state index contributed by atoms with van der Waals surface area (Å²) in [6.07, 6.45) is 0. The van der Waals surface area contributed by atoms with Crippen LogP contribution in [0, 0.1) is 6.92 Å². The summed E-state index contributed by atoms with van der Waals surface area (Å²) < 4.78 is 18.7. The largest absolute Gasteiger partial charge is 1.00 e. The SMILES string of the molecule is CCOc1cc(-c2sc(Nc3cc(C)ccc3OC)n[n+]2-c2ccccc2)ccc1OC.[Cl-]. The van der Waals surface area contributed by atoms with E-state index >= 15 is 0 Å². The summed E-state index contributed by atoms with van der Waals surface area (Å²) in [5.74, 6) is 2.17. The maximum atomic E-state index is 5.80. The van der Waals surface area contributed by atoms with Crippen LogP contribution in [-0.2, 0) is 0 Å². The smallest absolute Gasteiger partial charge is 0.305 e. The Balaban J connectivity index is 0.00000306. The van der Waals surface area contributed by atoms with Crippen molar-refractivity contribution in [3.05, 3.63) is 72.3 Å². The molecule has 4 aromatic rings. The molecule has 0 atom stereocenters. The molecule has 0 saturated heterocycles. The Hall–Kier alpha value is -3.29. The van der Waals surface area contributed by atoms with Crippen LogP contribution in [0.15, 0.2) is 66.7 Å². The molecule has 0 bridgehead atoms. The molecule has 1 heterocycles. The average molecular weight is 484 g/mol. The lowest BCUT2D eigenvalue weighted by Crippen LogP contribution is -3.00. The quantitative estimate of drug-likeness (QED) is 0.390. The number of hydrogen-bond acceptors (Lipinski definition) is 6. The monoisotopic (exact) mass is 483 g/mol. The van der Waals surface area contributed by atoms with E-state index in [1.807, 2.05) is 78.3 Å². The van der Waals surface area contributed by atoms with Gasteiger partial charge in [0.2, 0.25) is 5.69 Å². The Kier molecular flexibility index (Phi) is 8.14. The van der Waals surface area contributed by atoms with Gasteiger partial charge in [0.15, 0.2) is 11.5 Å². The molecule has 0 aliphatic carbocycles. The zero-order chi connectivity index (χ0) is 22.5. The van der Waals surface area contributed by atoms with Crippen molar-refractivity contribution in [2.75, 3.05) is 26.1 Å². The standard InChI is InChI=1S/C25H26N3O3S.ClH/c1-5-31-23-16-18(12-14-22(23)30-4)24-28(19-9-7-6-8-10-19)27-25(32-24)26-20-15-17(2)11-13-21(20)29-3;/h6-16H,5H2,1-4H3,(H,26,27);1H/q+1;/p-1. The number of benzene rings is 3. The highest BCUT2D eigenvalue weighted by molar-refractivity contribution is 7.18. The molecule has 0 saturated carbocycles. The molecule has 4 rings (SSSR count). The molecule has 0 fully saturated rings. The second kappa shape index (κ2) is 11.0. The number of methoxy groups -OCH3 is 2. The molecular weight excluding hydrogens is 458 g/mol. The number of ether oxygens (including phenoxy) is 3. The van der Waals surface area contributed by atoms with Crippen LogP contribution in [0.25, 0.3) is 16.3 Å². The minimum atomic E-state index is 0. The van der Waals surface area contributed by atoms with Gasteiger partial charge in [-0.05, 0) is 65.8 Å². The number of nitrogens with one attached hydrogen (secondary N) is 1. The Labute approximate surface area is 204 Å². The van der Waals surface area contributed by atoms with Gasteiger partial charge in [-0.1, -0.05) is 24.3 Å². The van der Waals surface area contributed by atoms with Crippen LogP contribution in [0.4, 0.5) is 10.8 Å². The summed E-state index contributed by atoms with van der Waals surface area (Å²) in [4.78, 5) is 0. The van der Waals surface area contributed by atoms with Crippen LogP contribution in [0.2, 0.25) is 0 Å². The molecule has 0 aliphatic heterocycles. The predicted octanol–water partition coefficient (Wildman–Crippen LogP) is 2.56. The van der Waals surface area contributed by atoms with Crippen molar-refractivity contribution in [2.24, 2.45) is 0 Å². The first-order valence-electron chi connectivity index (χ1n) is 10.3. The van der Waals surface area contributed by atoms with Crippen LogP contribution in [0.5, 0.6) is 17.2 Å². The van der Waals surface area contributed by atoms with E-state index in [0.29, 0.717) is 18.1 Å². The van der Waals surface area contributed by atoms with E-state index in [1.165, 1.54) is 0 Å². The summed E-state index contributed by atoms with van der Waals surface area (Å²) in [5.41, 5.74) is 3.96. The van der Waals surface area contributed by atoms with Gasteiger partial charge in [-0.15, -0.1) is 0 Å². The number of halogens is 1. The van der Waals surface area contributed by atoms with Crippen molar-refractivity contribution in [1.82, 2.24) is 5.10 Å². The minimum Gasteiger partial charge on any atom is -1.00 e. The molecule has 172 valence electrons. The second-order valence-corrected chi connectivity index (χ2v) is 8.06. The van der Waals surface area contributed by atoms with Gasteiger partial charge in [-0.2, -0.15) is 0 Å². The van der Waals surface area contributed by atoms with Crippen molar-refractivity contribution < 1.29 is 31.3 Å². The highest BCUT2D eigenvalue weighted by Gasteiger charge is 2.26. The topological polar surface area (TPSA) is 56.5 Å². The molecule has 6 nitrogen and oxygen atoms in total. The number of para-hydroxylation sites is 1. The molecular formula is C25H26ClN3O3S. The zero-order valence-electron chi connectivity index (χ0n) is 19.0. The fraction of sp³-hybridized carbons (Fsp3) is 0.200. The van der Waals surface area contributed by atoms with Crippen LogP contribution < -0.4 is 36.6 Å². The third kappa shape index (κ3) is 5.38. The lowest BCUT2D eigenvalue weighted by molar-refractivity contribution is -0.642. The van der Waals surface area contributed by atoms with Crippen molar-refractivity contribution in [3.8, 4) is 33.5 Å². The second-order valence-electron chi connectivity index (χ2n) is 7.09. The third-order valence-corrected chi connectivity index (χ3v) is 5.86. The number of hydrogen-bond donors (Lipinski definition) is 1. The first-order valence-corrected chi connectivity index (χ1v) is 11.2. The maximum Gasteiger partial charge on any atom is 0.305 e. The summed E-state index contributed by atoms with van der Waals surface area (Å²) in [7, 11) is 3.31. The highest BCUT2D eigenvalue weighted by Crippen LogP contribution is 2.36. The van der Waals surface area contributed by atoms with Gasteiger partial charge in [0.05, 0.1) is 32.1 Å². The molecule has 0 unspecified atom stereocenters. The fourth-order valence-electron chi connectivity index (χ4n) is 3.38. The van der Waals surface area contributed by atoms with Gasteiger partial charge in [-0.3, -0.25) is 0 Å². The molecule has 33 heavy (non-hydrogen) atoms. The van der Waals surface area contributed by atoms with E-state index < -0.39 is 0 Å². The number of aryl methyl sites for hydroxylation is 1. The van der Waals surface area contributed by atoms with E-state index in [-0.39, 0.29) is 12.4 Å². The van der Waals surface area contributed by atoms with Crippen molar-refractivity contribution in [2.45, 2.75) is 13.8 Å². The average Bonchev–Trinajstić information content (AvgIpc) is 3.24. The van der Waals surface area contributed by atoms with Crippen LogP contribution >= 0.6 is 11.3 Å². The van der Waals surface area contributed by atoms with E-state index in [0.717, 1.165) is 38.4 Å². The Bertz CT molecular complexity index is 1220. The van der Waals surface area contributed by atoms with Crippen molar-refractivity contribution >= 4 is 22.2 Å². The molecule has 1 aromatic heterocycles. The van der Waals surface area contributed by atoms with Crippen molar-refractivity contribution in [1.29, 1.82) is 0 Å². The highest BCUT2D eigenvalue weighted by atomic mass is 35.5. The molecule has 0 aliphatic rings. The van der Waals surface area contributed by atoms with Crippen LogP contribution in [0.1, 0.15) is 12.5 Å². The normalized spacial score (nSPS) is 10.3. The molecule has 0 spiro atoms. The summed E-state index contributed by atoms with van der Waals surface area (Å²) in [6.45, 7) is 4.57. The fourth-order valence-corrected chi connectivity index (χ4v) is 4.32. The number of nitrogens with zero attached hydrogens (tertiary/aromatic N) is 2. The summed E-state index contributed by atoms with van der Waals surface area (Å²) in [5, 5.41) is 10.0. The van der Waals surface area contributed by atoms with Gasteiger partial charge >= 0.3 is 5.01 Å². The van der Waals surface area contributed by atoms with Gasteiger partial charge in [0, 0.05) is 17.2 Å². The first-order chi connectivity index (χ1) is 15.6. The van der Waals surface area contributed by atoms with Crippen LogP contribution in [0.3, 0.4) is 0 Å². The van der Waals surface area contributed by atoms with E-state index in [9.17, 15) is 0 Å². The zero-order valence-corrected chi connectivity index (χ0v) is 20.5. The lowest BCUT2D eigenvalue weighted by Gasteiger charge is -2.09. The van der Waals surface area contributed by atoms with Gasteiger partial charge in [-0.25, -0.2) is 0 Å². The van der Waals surface area contributed by atoms with Gasteiger partial charge in [0.25, 0.3) is 5.13 Å². The molecule has 0 amide bonds. The lowest BCUT2D eigenvalue weighted by atomic mass is 10.2. The first kappa shape index (κ1) is 24.4. The Morgan fingerprint density at radius 2 is 1.64 bits per heavy atom. The Morgan fingerprint density at radius 1 is 0.909 bits per heavy atom. The molecule has 3 aromatic carbocycles. The van der Waals surface area contributed by atoms with Crippen LogP contribution in [-0.4, -0.2) is 25.9 Å². The van der Waals surface area contributed by atoms with E-state index in [2.05, 4.69) is 12.2 Å². The molecule has 1 N–H and O–H groups in total. The maximum absolute atomic E-state index is 5.80. The number of aromatic nitrogens is 2. The Morgan fingerprint density at radius 3 is 2.33 bits per heavy atom. The van der Waals surface area contributed by atoms with Gasteiger partial charge < -0.3 is 31.9 Å². The summed E-state index contributed by atoms with van der Waals surface area (Å²) in [6, 6.07) is 22.0. The number of rotatable bonds is 8. The minimum absolute atomic E-state index is 0.